The van der Waals surface area contributed by atoms with Gasteiger partial charge in [0, 0.05) is 10.6 Å². The van der Waals surface area contributed by atoms with Gasteiger partial charge >= 0.3 is 12.1 Å². The van der Waals surface area contributed by atoms with Gasteiger partial charge in [0.2, 0.25) is 0 Å². The highest BCUT2D eigenvalue weighted by atomic mass is 35.5. The summed E-state index contributed by atoms with van der Waals surface area (Å²) in [5, 5.41) is 10.2. The van der Waals surface area contributed by atoms with Crippen LogP contribution < -0.4 is 10.0 Å². The molecule has 202 valence electrons. The van der Waals surface area contributed by atoms with Gasteiger partial charge in [-0.1, -0.05) is 35.3 Å². The van der Waals surface area contributed by atoms with Crippen LogP contribution in [0.4, 0.5) is 18.9 Å². The lowest BCUT2D eigenvalue weighted by atomic mass is 10.1. The maximum Gasteiger partial charge on any atom is 0.417 e. The van der Waals surface area contributed by atoms with Crippen molar-refractivity contribution in [3.05, 3.63) is 87.4 Å². The summed E-state index contributed by atoms with van der Waals surface area (Å²) in [6.45, 7) is -0.562. The van der Waals surface area contributed by atoms with E-state index in [0.29, 0.717) is 11.6 Å². The third-order valence-corrected chi connectivity index (χ3v) is 8.27. The van der Waals surface area contributed by atoms with Crippen molar-refractivity contribution in [1.82, 2.24) is 5.32 Å². The number of halogens is 5. The summed E-state index contributed by atoms with van der Waals surface area (Å²) < 4.78 is 80.7. The quantitative estimate of drug-likeness (QED) is 0.316. The standard InChI is InChI=1S/C23H17Cl2F3N2O6S2/c24-15-5-8-20(37(34)12-13-1-3-14(4-2-13)22(33)29-11-21(31)32)19(9-15)30-38(35,36)16-6-7-18(25)17(10-16)23(26,27)28/h1-10,30H,11-12H2,(H,29,33)(H,31,32). The topological polar surface area (TPSA) is 130 Å². The van der Waals surface area contributed by atoms with Crippen molar-refractivity contribution in [1.29, 1.82) is 0 Å². The fourth-order valence-corrected chi connectivity index (χ4v) is 5.90. The van der Waals surface area contributed by atoms with Gasteiger partial charge < -0.3 is 10.4 Å². The number of sulfonamides is 1. The van der Waals surface area contributed by atoms with Crippen molar-refractivity contribution in [2.45, 2.75) is 21.7 Å². The van der Waals surface area contributed by atoms with Crippen molar-refractivity contribution in [3.8, 4) is 0 Å². The summed E-state index contributed by atoms with van der Waals surface area (Å²) in [4.78, 5) is 21.8. The molecular formula is C23H17Cl2F3N2O6S2. The molecule has 1 atom stereocenters. The van der Waals surface area contributed by atoms with Crippen LogP contribution in [-0.2, 0) is 37.5 Å². The first-order chi connectivity index (χ1) is 17.7. The number of aliphatic carboxylic acids is 1. The van der Waals surface area contributed by atoms with E-state index in [1.54, 1.807) is 0 Å². The average Bonchev–Trinajstić information content (AvgIpc) is 2.82. The molecule has 0 fully saturated rings. The zero-order valence-electron chi connectivity index (χ0n) is 18.9. The molecule has 0 aromatic heterocycles. The van der Waals surface area contributed by atoms with Gasteiger partial charge in [-0.3, -0.25) is 18.5 Å². The molecule has 0 saturated carbocycles. The molecule has 0 heterocycles. The molecule has 0 saturated heterocycles. The van der Waals surface area contributed by atoms with Crippen LogP contribution in [0.2, 0.25) is 10.0 Å². The highest BCUT2D eigenvalue weighted by Crippen LogP contribution is 2.36. The van der Waals surface area contributed by atoms with E-state index in [9.17, 15) is 35.4 Å². The number of hydrogen-bond acceptors (Lipinski definition) is 5. The maximum absolute atomic E-state index is 13.2. The highest BCUT2D eigenvalue weighted by Gasteiger charge is 2.34. The Hall–Kier alpha value is -3.13. The summed E-state index contributed by atoms with van der Waals surface area (Å²) in [5.41, 5.74) is -0.877. The van der Waals surface area contributed by atoms with Crippen LogP contribution in [-0.4, -0.2) is 36.2 Å². The average molecular weight is 609 g/mol. The molecule has 8 nitrogen and oxygen atoms in total. The number of carbonyl (C=O) groups is 2. The van der Waals surface area contributed by atoms with Crippen molar-refractivity contribution in [3.63, 3.8) is 0 Å². The lowest BCUT2D eigenvalue weighted by molar-refractivity contribution is -0.138. The Balaban J connectivity index is 1.84. The van der Waals surface area contributed by atoms with Crippen molar-refractivity contribution in [2.75, 3.05) is 11.3 Å². The second kappa shape index (κ2) is 11.7. The Kier molecular flexibility index (Phi) is 9.08. The number of alkyl halides is 3. The minimum absolute atomic E-state index is 0.00580. The number of amides is 1. The second-order valence-electron chi connectivity index (χ2n) is 7.65. The molecule has 0 spiro atoms. The molecule has 0 aliphatic heterocycles. The normalized spacial score (nSPS) is 12.6. The number of rotatable bonds is 9. The van der Waals surface area contributed by atoms with Gasteiger partial charge in [0.1, 0.15) is 6.54 Å². The van der Waals surface area contributed by atoms with Gasteiger partial charge in [-0.2, -0.15) is 13.2 Å². The fraction of sp³-hybridized carbons (Fsp3) is 0.130. The molecule has 0 bridgehead atoms. The van der Waals surface area contributed by atoms with E-state index in [1.165, 1.54) is 42.5 Å². The summed E-state index contributed by atoms with van der Waals surface area (Å²) in [6.07, 6.45) is -4.89. The summed E-state index contributed by atoms with van der Waals surface area (Å²) in [5.74, 6) is -1.95. The molecular weight excluding hydrogens is 592 g/mol. The third kappa shape index (κ3) is 7.47. The molecule has 0 aliphatic rings. The Bertz CT molecular complexity index is 1510. The predicted octanol–water partition coefficient (Wildman–Crippen LogP) is 4.94. The van der Waals surface area contributed by atoms with Gasteiger partial charge in [-0.15, -0.1) is 0 Å². The van der Waals surface area contributed by atoms with Gasteiger partial charge in [0.05, 0.1) is 42.6 Å². The summed E-state index contributed by atoms with van der Waals surface area (Å²) in [7, 11) is -6.43. The molecule has 3 aromatic carbocycles. The van der Waals surface area contributed by atoms with E-state index in [0.717, 1.165) is 12.1 Å². The van der Waals surface area contributed by atoms with Crippen LogP contribution in [0.1, 0.15) is 21.5 Å². The van der Waals surface area contributed by atoms with Gasteiger partial charge in [0.25, 0.3) is 15.9 Å². The lowest BCUT2D eigenvalue weighted by Crippen LogP contribution is -2.29. The molecule has 0 radical (unpaired) electrons. The predicted molar refractivity (Wildman–Crippen MR) is 135 cm³/mol. The number of carbonyl (C=O) groups excluding carboxylic acids is 1. The summed E-state index contributed by atoms with van der Waals surface area (Å²) >= 11 is 11.6. The number of anilines is 1. The monoisotopic (exact) mass is 608 g/mol. The minimum atomic E-state index is -4.89. The van der Waals surface area contributed by atoms with E-state index in [2.05, 4.69) is 10.0 Å². The van der Waals surface area contributed by atoms with E-state index in [1.807, 2.05) is 0 Å². The van der Waals surface area contributed by atoms with Crippen molar-refractivity contribution in [2.24, 2.45) is 0 Å². The molecule has 3 rings (SSSR count). The van der Waals surface area contributed by atoms with Gasteiger partial charge in [-0.25, -0.2) is 8.42 Å². The highest BCUT2D eigenvalue weighted by molar-refractivity contribution is 7.92. The number of carboxylic acid groups (broad SMARTS) is 1. The lowest BCUT2D eigenvalue weighted by Gasteiger charge is -2.15. The third-order valence-electron chi connectivity index (χ3n) is 4.90. The fourth-order valence-electron chi connectivity index (χ4n) is 3.11. The van der Waals surface area contributed by atoms with Crippen molar-refractivity contribution >= 4 is 61.6 Å². The van der Waals surface area contributed by atoms with Crippen LogP contribution in [0.25, 0.3) is 0 Å². The molecule has 0 aliphatic carbocycles. The van der Waals surface area contributed by atoms with E-state index in [-0.39, 0.29) is 26.9 Å². The molecule has 3 aromatic rings. The molecule has 1 unspecified atom stereocenters. The zero-order chi connectivity index (χ0) is 28.3. The Labute approximate surface area is 227 Å². The smallest absolute Gasteiger partial charge is 0.417 e. The van der Waals surface area contributed by atoms with Crippen LogP contribution in [0, 0.1) is 0 Å². The number of hydrogen-bond donors (Lipinski definition) is 3. The van der Waals surface area contributed by atoms with Gasteiger partial charge in [0.15, 0.2) is 0 Å². The summed E-state index contributed by atoms with van der Waals surface area (Å²) in [6, 6.07) is 11.7. The number of nitrogens with one attached hydrogen (secondary N) is 2. The van der Waals surface area contributed by atoms with Crippen LogP contribution in [0.3, 0.4) is 0 Å². The molecule has 1 amide bonds. The zero-order valence-corrected chi connectivity index (χ0v) is 22.0. The largest absolute Gasteiger partial charge is 0.480 e. The van der Waals surface area contributed by atoms with Crippen molar-refractivity contribution < 1.29 is 40.5 Å². The Morgan fingerprint density at radius 3 is 2.24 bits per heavy atom. The van der Waals surface area contributed by atoms with Crippen LogP contribution >= 0.6 is 23.2 Å². The molecule has 15 heteroatoms. The molecule has 38 heavy (non-hydrogen) atoms. The second-order valence-corrected chi connectivity index (χ2v) is 11.6. The SMILES string of the molecule is O=C(O)CNC(=O)c1ccc(CS(=O)c2ccc(Cl)cc2NS(=O)(=O)c2ccc(Cl)c(C(F)(F)F)c2)cc1. The van der Waals surface area contributed by atoms with Crippen LogP contribution in [0.15, 0.2) is 70.5 Å². The molecule has 3 N–H and O–H groups in total. The Morgan fingerprint density at radius 2 is 1.63 bits per heavy atom. The number of carboxylic acids is 1. The number of benzene rings is 3. The minimum Gasteiger partial charge on any atom is -0.480 e. The first kappa shape index (κ1) is 29.4. The van der Waals surface area contributed by atoms with E-state index < -0.39 is 60.9 Å². The Morgan fingerprint density at radius 1 is 0.974 bits per heavy atom. The van der Waals surface area contributed by atoms with Crippen LogP contribution in [0.5, 0.6) is 0 Å². The van der Waals surface area contributed by atoms with E-state index in [4.69, 9.17) is 28.3 Å². The maximum atomic E-state index is 13.2. The first-order valence-corrected chi connectivity index (χ1v) is 13.9. The first-order valence-electron chi connectivity index (χ1n) is 10.3. The van der Waals surface area contributed by atoms with E-state index >= 15 is 0 Å². The van der Waals surface area contributed by atoms with Gasteiger partial charge in [-0.05, 0) is 54.1 Å².